The minimum atomic E-state index is -0.0110. The van der Waals surface area contributed by atoms with E-state index >= 15 is 0 Å². The van der Waals surface area contributed by atoms with Gasteiger partial charge >= 0.3 is 0 Å². The van der Waals surface area contributed by atoms with Gasteiger partial charge in [-0.2, -0.15) is 0 Å². The van der Waals surface area contributed by atoms with Crippen LogP contribution in [0.25, 0.3) is 0 Å². The average molecular weight is 236 g/mol. The van der Waals surface area contributed by atoms with E-state index in [1.54, 1.807) is 0 Å². The summed E-state index contributed by atoms with van der Waals surface area (Å²) < 4.78 is 0. The molecule has 1 aromatic rings. The number of rotatable bonds is 5. The molecule has 0 aliphatic rings. The second-order valence-corrected chi connectivity index (χ2v) is 4.24. The number of carbonyl (C=O) groups is 1. The fraction of sp³-hybridized carbons (Fsp3) is 0.462. The van der Waals surface area contributed by atoms with Crippen molar-refractivity contribution in [1.29, 1.82) is 0 Å². The van der Waals surface area contributed by atoms with Crippen molar-refractivity contribution in [1.82, 2.24) is 10.6 Å². The van der Waals surface area contributed by atoms with Crippen molar-refractivity contribution in [3.8, 4) is 5.75 Å². The first-order valence-corrected chi connectivity index (χ1v) is 5.75. The van der Waals surface area contributed by atoms with Crippen LogP contribution in [0.2, 0.25) is 0 Å². The molecular formula is C13H20N2O2. The topological polar surface area (TPSA) is 61.4 Å². The predicted octanol–water partition coefficient (Wildman–Crippen LogP) is 1.23. The van der Waals surface area contributed by atoms with Gasteiger partial charge in [0.1, 0.15) is 5.75 Å². The zero-order valence-corrected chi connectivity index (χ0v) is 10.6. The number of phenolic OH excluding ortho intramolecular Hbond substituents is 1. The predicted molar refractivity (Wildman–Crippen MR) is 68.0 cm³/mol. The van der Waals surface area contributed by atoms with E-state index in [0.717, 1.165) is 29.8 Å². The number of aromatic hydroxyl groups is 1. The van der Waals surface area contributed by atoms with Crippen molar-refractivity contribution in [2.75, 3.05) is 13.1 Å². The number of aryl methyl sites for hydroxylation is 2. The van der Waals surface area contributed by atoms with Gasteiger partial charge in [-0.25, -0.2) is 0 Å². The normalized spacial score (nSPS) is 10.3. The lowest BCUT2D eigenvalue weighted by molar-refractivity contribution is -0.118. The van der Waals surface area contributed by atoms with E-state index in [1.165, 1.54) is 6.92 Å². The molecule has 3 N–H and O–H groups in total. The summed E-state index contributed by atoms with van der Waals surface area (Å²) in [6.45, 7) is 7.39. The van der Waals surface area contributed by atoms with Crippen LogP contribution in [-0.2, 0) is 11.3 Å². The zero-order chi connectivity index (χ0) is 12.8. The molecule has 17 heavy (non-hydrogen) atoms. The molecule has 1 amide bonds. The maximum absolute atomic E-state index is 10.6. The van der Waals surface area contributed by atoms with Gasteiger partial charge in [0.05, 0.1) is 0 Å². The van der Waals surface area contributed by atoms with E-state index in [9.17, 15) is 9.90 Å². The largest absolute Gasteiger partial charge is 0.507 e. The van der Waals surface area contributed by atoms with Crippen LogP contribution < -0.4 is 10.6 Å². The Hall–Kier alpha value is -1.55. The first kappa shape index (κ1) is 13.5. The molecule has 1 aromatic carbocycles. The molecule has 0 aliphatic heterocycles. The smallest absolute Gasteiger partial charge is 0.216 e. The highest BCUT2D eigenvalue weighted by Crippen LogP contribution is 2.22. The summed E-state index contributed by atoms with van der Waals surface area (Å²) in [5, 5.41) is 15.6. The Morgan fingerprint density at radius 2 is 1.82 bits per heavy atom. The Balaban J connectivity index is 2.39. The van der Waals surface area contributed by atoms with Gasteiger partial charge < -0.3 is 15.7 Å². The van der Waals surface area contributed by atoms with Crippen LogP contribution in [0, 0.1) is 13.8 Å². The number of hydrogen-bond acceptors (Lipinski definition) is 3. The summed E-state index contributed by atoms with van der Waals surface area (Å²) >= 11 is 0. The summed E-state index contributed by atoms with van der Waals surface area (Å²) in [6.07, 6.45) is 0. The van der Waals surface area contributed by atoms with Gasteiger partial charge in [-0.3, -0.25) is 4.79 Å². The highest BCUT2D eigenvalue weighted by Gasteiger charge is 2.02. The van der Waals surface area contributed by atoms with Gasteiger partial charge in [-0.05, 0) is 30.5 Å². The highest BCUT2D eigenvalue weighted by molar-refractivity contribution is 5.72. The number of nitrogens with one attached hydrogen (secondary N) is 2. The minimum absolute atomic E-state index is 0.0110. The molecular weight excluding hydrogens is 216 g/mol. The molecule has 0 fully saturated rings. The second kappa shape index (κ2) is 6.25. The standard InChI is InChI=1S/C13H20N2O2/c1-9-6-12(7-10(2)13(9)17)8-14-4-5-15-11(3)16/h6-7,14,17H,4-5,8H2,1-3H3,(H,15,16). The molecule has 0 bridgehead atoms. The lowest BCUT2D eigenvalue weighted by Crippen LogP contribution is -2.29. The summed E-state index contributed by atoms with van der Waals surface area (Å²) in [5.74, 6) is 0.357. The molecule has 0 atom stereocenters. The lowest BCUT2D eigenvalue weighted by Gasteiger charge is -2.09. The van der Waals surface area contributed by atoms with Gasteiger partial charge in [0, 0.05) is 26.6 Å². The van der Waals surface area contributed by atoms with E-state index in [-0.39, 0.29) is 5.91 Å². The minimum Gasteiger partial charge on any atom is -0.507 e. The van der Waals surface area contributed by atoms with E-state index in [1.807, 2.05) is 26.0 Å². The van der Waals surface area contributed by atoms with E-state index < -0.39 is 0 Å². The lowest BCUT2D eigenvalue weighted by atomic mass is 10.1. The van der Waals surface area contributed by atoms with Gasteiger partial charge in [0.15, 0.2) is 0 Å². The number of benzene rings is 1. The van der Waals surface area contributed by atoms with Crippen molar-refractivity contribution in [2.45, 2.75) is 27.3 Å². The molecule has 0 heterocycles. The van der Waals surface area contributed by atoms with Crippen LogP contribution >= 0.6 is 0 Å². The molecule has 0 unspecified atom stereocenters. The Bertz CT molecular complexity index is 379. The van der Waals surface area contributed by atoms with Crippen LogP contribution in [0.1, 0.15) is 23.6 Å². The summed E-state index contributed by atoms with van der Waals surface area (Å²) in [6, 6.07) is 3.93. The van der Waals surface area contributed by atoms with Crippen LogP contribution in [0.4, 0.5) is 0 Å². The van der Waals surface area contributed by atoms with Crippen LogP contribution in [-0.4, -0.2) is 24.1 Å². The maximum Gasteiger partial charge on any atom is 0.216 e. The van der Waals surface area contributed by atoms with Crippen molar-refractivity contribution < 1.29 is 9.90 Å². The van der Waals surface area contributed by atoms with E-state index in [2.05, 4.69) is 10.6 Å². The average Bonchev–Trinajstić information content (AvgIpc) is 2.25. The molecule has 0 saturated heterocycles. The Morgan fingerprint density at radius 3 is 2.35 bits per heavy atom. The summed E-state index contributed by atoms with van der Waals surface area (Å²) in [4.78, 5) is 10.6. The third kappa shape index (κ3) is 4.44. The highest BCUT2D eigenvalue weighted by atomic mass is 16.3. The first-order valence-electron chi connectivity index (χ1n) is 5.75. The molecule has 0 radical (unpaired) electrons. The van der Waals surface area contributed by atoms with Crippen LogP contribution in [0.15, 0.2) is 12.1 Å². The van der Waals surface area contributed by atoms with Gasteiger partial charge in [0.2, 0.25) is 5.91 Å². The Kier molecular flexibility index (Phi) is 4.97. The molecule has 4 nitrogen and oxygen atoms in total. The maximum atomic E-state index is 10.6. The third-order valence-electron chi connectivity index (χ3n) is 2.56. The first-order chi connectivity index (χ1) is 8.00. The van der Waals surface area contributed by atoms with Crippen molar-refractivity contribution >= 4 is 5.91 Å². The number of phenols is 1. The zero-order valence-electron chi connectivity index (χ0n) is 10.6. The molecule has 4 heteroatoms. The number of amides is 1. The fourth-order valence-electron chi connectivity index (χ4n) is 1.71. The number of hydrogen-bond donors (Lipinski definition) is 3. The van der Waals surface area contributed by atoms with Gasteiger partial charge in [-0.15, -0.1) is 0 Å². The van der Waals surface area contributed by atoms with Gasteiger partial charge in [0.25, 0.3) is 0 Å². The quantitative estimate of drug-likeness (QED) is 0.674. The molecule has 0 spiro atoms. The Morgan fingerprint density at radius 1 is 1.24 bits per heavy atom. The molecule has 1 rings (SSSR count). The third-order valence-corrected chi connectivity index (χ3v) is 2.56. The number of carbonyl (C=O) groups excluding carboxylic acids is 1. The molecule has 0 saturated carbocycles. The SMILES string of the molecule is CC(=O)NCCNCc1cc(C)c(O)c(C)c1. The van der Waals surface area contributed by atoms with Crippen LogP contribution in [0.3, 0.4) is 0 Å². The fourth-order valence-corrected chi connectivity index (χ4v) is 1.71. The molecule has 0 aromatic heterocycles. The second-order valence-electron chi connectivity index (χ2n) is 4.24. The van der Waals surface area contributed by atoms with Gasteiger partial charge in [-0.1, -0.05) is 12.1 Å². The molecule has 0 aliphatic carbocycles. The summed E-state index contributed by atoms with van der Waals surface area (Å²) in [5.41, 5.74) is 2.92. The summed E-state index contributed by atoms with van der Waals surface area (Å²) in [7, 11) is 0. The monoisotopic (exact) mass is 236 g/mol. The van der Waals surface area contributed by atoms with E-state index in [4.69, 9.17) is 0 Å². The van der Waals surface area contributed by atoms with Crippen molar-refractivity contribution in [3.05, 3.63) is 28.8 Å². The van der Waals surface area contributed by atoms with E-state index in [0.29, 0.717) is 12.3 Å². The molecule has 94 valence electrons. The van der Waals surface area contributed by atoms with Crippen molar-refractivity contribution in [3.63, 3.8) is 0 Å². The van der Waals surface area contributed by atoms with Crippen molar-refractivity contribution in [2.24, 2.45) is 0 Å². The van der Waals surface area contributed by atoms with Crippen LogP contribution in [0.5, 0.6) is 5.75 Å². The Labute approximate surface area is 102 Å².